The van der Waals surface area contributed by atoms with Gasteiger partial charge in [-0.25, -0.2) is 4.98 Å². The van der Waals surface area contributed by atoms with Gasteiger partial charge in [-0.05, 0) is 61.0 Å². The van der Waals surface area contributed by atoms with Crippen LogP contribution >= 0.6 is 39.3 Å². The van der Waals surface area contributed by atoms with Crippen LogP contribution in [0, 0.1) is 0 Å². The number of unbranched alkanes of at least 4 members (excludes halogenated alkanes) is 1. The predicted octanol–water partition coefficient (Wildman–Crippen LogP) is 6.78. The highest BCUT2D eigenvalue weighted by Gasteiger charge is 2.11. The lowest BCUT2D eigenvalue weighted by Crippen LogP contribution is -2.22. The molecule has 5 nitrogen and oxygen atoms in total. The fourth-order valence-corrected chi connectivity index (χ4v) is 4.27. The number of nitrogens with zero attached hydrogens (tertiary/aromatic N) is 3. The first-order chi connectivity index (χ1) is 15.0. The fraction of sp³-hybridized carbons (Fsp3) is 0.174. The van der Waals surface area contributed by atoms with Crippen LogP contribution in [0.2, 0.25) is 5.02 Å². The van der Waals surface area contributed by atoms with Gasteiger partial charge in [0.15, 0.2) is 5.09 Å². The average molecular weight is 517 g/mol. The molecule has 0 spiro atoms. The van der Waals surface area contributed by atoms with Gasteiger partial charge in [-0.15, -0.1) is 0 Å². The summed E-state index contributed by atoms with van der Waals surface area (Å²) in [6.07, 6.45) is 4.15. The maximum absolute atomic E-state index is 13.1. The highest BCUT2D eigenvalue weighted by atomic mass is 79.9. The van der Waals surface area contributed by atoms with Crippen molar-refractivity contribution in [3.05, 3.63) is 86.0 Å². The van der Waals surface area contributed by atoms with E-state index in [1.807, 2.05) is 48.5 Å². The minimum Gasteiger partial charge on any atom is -0.448 e. The summed E-state index contributed by atoms with van der Waals surface area (Å²) in [6.45, 7) is 2.10. The Hall–Kier alpha value is -2.35. The molecule has 31 heavy (non-hydrogen) atoms. The van der Waals surface area contributed by atoms with Gasteiger partial charge in [-0.2, -0.15) is 9.78 Å². The van der Waals surface area contributed by atoms with Crippen molar-refractivity contribution in [2.45, 2.75) is 36.2 Å². The van der Waals surface area contributed by atoms with Crippen molar-refractivity contribution in [3.8, 4) is 0 Å². The van der Waals surface area contributed by atoms with E-state index in [2.05, 4.69) is 32.9 Å². The Morgan fingerprint density at radius 1 is 1.19 bits per heavy atom. The summed E-state index contributed by atoms with van der Waals surface area (Å²) in [6, 6.07) is 16.7. The van der Waals surface area contributed by atoms with Crippen LogP contribution < -0.4 is 5.56 Å². The molecule has 0 unspecified atom stereocenters. The molecule has 0 saturated carbocycles. The molecule has 2 aromatic carbocycles. The van der Waals surface area contributed by atoms with Gasteiger partial charge in [0.05, 0.1) is 17.1 Å². The number of hydrogen-bond donors (Lipinski definition) is 0. The fourth-order valence-electron chi connectivity index (χ4n) is 3.00. The number of aryl methyl sites for hydroxylation is 1. The quantitative estimate of drug-likeness (QED) is 0.254. The molecule has 0 atom stereocenters. The molecule has 0 fully saturated rings. The molecule has 2 heterocycles. The molecular weight excluding hydrogens is 498 g/mol. The Morgan fingerprint density at radius 3 is 2.77 bits per heavy atom. The molecule has 4 rings (SSSR count). The minimum absolute atomic E-state index is 0.198. The average Bonchev–Trinajstić information content (AvgIpc) is 3.21. The smallest absolute Gasteiger partial charge is 0.282 e. The lowest BCUT2D eigenvalue weighted by atomic mass is 10.2. The lowest BCUT2D eigenvalue weighted by molar-refractivity contribution is 0.468. The van der Waals surface area contributed by atoms with Crippen LogP contribution in [0.15, 0.2) is 83.4 Å². The number of aromatic nitrogens is 2. The van der Waals surface area contributed by atoms with Crippen molar-refractivity contribution < 1.29 is 4.42 Å². The van der Waals surface area contributed by atoms with E-state index in [9.17, 15) is 4.79 Å². The first-order valence-corrected chi connectivity index (χ1v) is 11.8. The summed E-state index contributed by atoms with van der Waals surface area (Å²) < 4.78 is 8.04. The molecule has 2 aromatic heterocycles. The van der Waals surface area contributed by atoms with Gasteiger partial charge in [-0.3, -0.25) is 4.79 Å². The van der Waals surface area contributed by atoms with Gasteiger partial charge in [0.1, 0.15) is 11.6 Å². The van der Waals surface area contributed by atoms with Crippen LogP contribution in [0.25, 0.3) is 10.9 Å². The first-order valence-electron chi connectivity index (χ1n) is 9.82. The minimum atomic E-state index is -0.198. The lowest BCUT2D eigenvalue weighted by Gasteiger charge is -2.08. The van der Waals surface area contributed by atoms with E-state index in [1.54, 1.807) is 12.3 Å². The van der Waals surface area contributed by atoms with Gasteiger partial charge in [0.2, 0.25) is 0 Å². The second-order valence-corrected chi connectivity index (χ2v) is 9.30. The van der Waals surface area contributed by atoms with E-state index in [1.165, 1.54) is 16.4 Å². The largest absolute Gasteiger partial charge is 0.448 e. The van der Waals surface area contributed by atoms with Crippen molar-refractivity contribution in [2.75, 3.05) is 0 Å². The molecule has 0 aliphatic rings. The second kappa shape index (κ2) is 9.85. The van der Waals surface area contributed by atoms with Crippen LogP contribution in [0.1, 0.15) is 31.4 Å². The van der Waals surface area contributed by atoms with Crippen LogP contribution in [-0.2, 0) is 6.42 Å². The first kappa shape index (κ1) is 21.9. The number of benzene rings is 2. The van der Waals surface area contributed by atoms with Crippen LogP contribution in [0.5, 0.6) is 0 Å². The number of furan rings is 1. The monoisotopic (exact) mass is 515 g/mol. The molecule has 0 amide bonds. The van der Waals surface area contributed by atoms with E-state index in [-0.39, 0.29) is 5.56 Å². The molecule has 4 aromatic rings. The van der Waals surface area contributed by atoms with E-state index in [0.717, 1.165) is 27.3 Å². The number of rotatable bonds is 7. The summed E-state index contributed by atoms with van der Waals surface area (Å²) in [5.74, 6) is 1.19. The van der Waals surface area contributed by atoms with Crippen molar-refractivity contribution >= 4 is 56.4 Å². The Balaban J connectivity index is 1.64. The zero-order chi connectivity index (χ0) is 21.8. The number of fused-ring (bicyclic) bond motifs is 1. The van der Waals surface area contributed by atoms with E-state index < -0.39 is 0 Å². The van der Waals surface area contributed by atoms with E-state index in [0.29, 0.717) is 33.9 Å². The summed E-state index contributed by atoms with van der Waals surface area (Å²) in [4.78, 5) is 18.8. The molecule has 0 N–H and O–H groups in total. The Morgan fingerprint density at radius 2 is 2.00 bits per heavy atom. The third-order valence-corrected chi connectivity index (χ3v) is 6.24. The molecule has 0 aliphatic carbocycles. The van der Waals surface area contributed by atoms with Gasteiger partial charge >= 0.3 is 0 Å². The molecule has 8 heteroatoms. The van der Waals surface area contributed by atoms with Crippen molar-refractivity contribution in [3.63, 3.8) is 0 Å². The van der Waals surface area contributed by atoms with Gasteiger partial charge in [0.25, 0.3) is 5.56 Å². The maximum atomic E-state index is 13.1. The SMILES string of the molecule is CCCCc1nc2ccc(Br)cc2c(=O)n1N=Cc1ccc(Sc2ccc(Cl)cc2)o1. The summed E-state index contributed by atoms with van der Waals surface area (Å²) in [7, 11) is 0. The van der Waals surface area contributed by atoms with Crippen molar-refractivity contribution in [1.82, 2.24) is 9.66 Å². The number of halogens is 2. The summed E-state index contributed by atoms with van der Waals surface area (Å²) >= 11 is 10.8. The molecular formula is C23H19BrClN3O2S. The zero-order valence-electron chi connectivity index (χ0n) is 16.7. The van der Waals surface area contributed by atoms with Crippen molar-refractivity contribution in [2.24, 2.45) is 5.10 Å². The second-order valence-electron chi connectivity index (χ2n) is 6.87. The maximum Gasteiger partial charge on any atom is 0.282 e. The summed E-state index contributed by atoms with van der Waals surface area (Å²) in [5, 5.41) is 6.36. The highest BCUT2D eigenvalue weighted by molar-refractivity contribution is 9.10. The van der Waals surface area contributed by atoms with Crippen LogP contribution in [-0.4, -0.2) is 15.9 Å². The van der Waals surface area contributed by atoms with E-state index in [4.69, 9.17) is 16.0 Å². The third-order valence-electron chi connectivity index (χ3n) is 4.56. The topological polar surface area (TPSA) is 60.4 Å². The normalized spacial score (nSPS) is 11.6. The van der Waals surface area contributed by atoms with Gasteiger partial charge in [0, 0.05) is 20.8 Å². The highest BCUT2D eigenvalue weighted by Crippen LogP contribution is 2.29. The molecule has 0 bridgehead atoms. The molecule has 0 aliphatic heterocycles. The Labute approximate surface area is 197 Å². The molecule has 0 radical (unpaired) electrons. The summed E-state index contributed by atoms with van der Waals surface area (Å²) in [5.41, 5.74) is 0.473. The van der Waals surface area contributed by atoms with Crippen LogP contribution in [0.3, 0.4) is 0 Å². The zero-order valence-corrected chi connectivity index (χ0v) is 19.9. The Bertz CT molecular complexity index is 1300. The van der Waals surface area contributed by atoms with Crippen molar-refractivity contribution in [1.29, 1.82) is 0 Å². The Kier molecular flexibility index (Phi) is 6.95. The van der Waals surface area contributed by atoms with Gasteiger partial charge < -0.3 is 4.42 Å². The molecule has 0 saturated heterocycles. The number of hydrogen-bond acceptors (Lipinski definition) is 5. The van der Waals surface area contributed by atoms with E-state index >= 15 is 0 Å². The van der Waals surface area contributed by atoms with Crippen LogP contribution in [0.4, 0.5) is 0 Å². The molecule has 158 valence electrons. The third kappa shape index (κ3) is 5.29. The van der Waals surface area contributed by atoms with Gasteiger partial charge in [-0.1, -0.05) is 52.6 Å². The predicted molar refractivity (Wildman–Crippen MR) is 130 cm³/mol. The standard InChI is InChI=1S/C23H19BrClN3O2S/c1-2-3-4-21-27-20-11-5-15(24)13-19(20)23(29)28(21)26-14-17-8-12-22(30-17)31-18-9-6-16(25)7-10-18/h5-14H,2-4H2,1H3.